The number of carbonyl (C=O) groups is 2. The van der Waals surface area contributed by atoms with Crippen molar-refractivity contribution in [3.8, 4) is 16.3 Å². The van der Waals surface area contributed by atoms with Crippen LogP contribution in [0.2, 0.25) is 5.02 Å². The van der Waals surface area contributed by atoms with E-state index in [-0.39, 0.29) is 23.4 Å². The molecule has 0 spiro atoms. The van der Waals surface area contributed by atoms with Gasteiger partial charge in [0.1, 0.15) is 10.7 Å². The van der Waals surface area contributed by atoms with Gasteiger partial charge in [0.05, 0.1) is 4.88 Å². The third-order valence-electron chi connectivity index (χ3n) is 4.16. The lowest BCUT2D eigenvalue weighted by atomic mass is 10.2. The summed E-state index contributed by atoms with van der Waals surface area (Å²) < 4.78 is 18.9. The van der Waals surface area contributed by atoms with E-state index in [0.717, 1.165) is 16.2 Å². The highest BCUT2D eigenvalue weighted by molar-refractivity contribution is 7.21. The minimum atomic E-state index is -0.554. The monoisotopic (exact) mass is 487 g/mol. The highest BCUT2D eigenvalue weighted by atomic mass is 35.5. The van der Waals surface area contributed by atoms with E-state index in [1.165, 1.54) is 29.5 Å². The number of hydrogen-bond acceptors (Lipinski definition) is 6. The summed E-state index contributed by atoms with van der Waals surface area (Å²) in [5.41, 5.74) is 0.974. The molecule has 2 N–H and O–H groups in total. The topological polar surface area (TPSA) is 80.3 Å². The fourth-order valence-corrected chi connectivity index (χ4v) is 4.48. The zero-order valence-electron chi connectivity index (χ0n) is 16.3. The number of nitrogens with one attached hydrogen (secondary N) is 2. The van der Waals surface area contributed by atoms with Gasteiger partial charge in [-0.15, -0.1) is 11.3 Å². The summed E-state index contributed by atoms with van der Waals surface area (Å²) in [5.74, 6) is -1.40. The summed E-state index contributed by atoms with van der Waals surface area (Å²) in [4.78, 5) is 30.2. The Morgan fingerprint density at radius 2 is 1.81 bits per heavy atom. The maximum atomic E-state index is 13.7. The number of thiazole rings is 1. The summed E-state index contributed by atoms with van der Waals surface area (Å²) >= 11 is 8.45. The SMILES string of the molecule is O=C(COc1ccccc1F)Nc1nc(-c2cccs2)c(NC(=O)c2ccc(Cl)cc2)s1. The van der Waals surface area contributed by atoms with E-state index in [0.29, 0.717) is 21.3 Å². The van der Waals surface area contributed by atoms with Gasteiger partial charge in [0.15, 0.2) is 23.3 Å². The molecule has 162 valence electrons. The van der Waals surface area contributed by atoms with E-state index in [1.807, 2.05) is 17.5 Å². The Balaban J connectivity index is 1.49. The normalized spacial score (nSPS) is 10.6. The van der Waals surface area contributed by atoms with Crippen molar-refractivity contribution < 1.29 is 18.7 Å². The Bertz CT molecular complexity index is 1240. The first-order valence-electron chi connectivity index (χ1n) is 9.28. The van der Waals surface area contributed by atoms with Gasteiger partial charge in [-0.1, -0.05) is 41.1 Å². The Morgan fingerprint density at radius 3 is 2.53 bits per heavy atom. The van der Waals surface area contributed by atoms with Crippen molar-refractivity contribution in [1.82, 2.24) is 4.98 Å². The number of aromatic nitrogens is 1. The molecule has 6 nitrogen and oxygen atoms in total. The van der Waals surface area contributed by atoms with Crippen molar-refractivity contribution >= 4 is 56.2 Å². The molecule has 2 amide bonds. The molecule has 0 radical (unpaired) electrons. The molecule has 0 bridgehead atoms. The first kappa shape index (κ1) is 21.9. The average molecular weight is 488 g/mol. The van der Waals surface area contributed by atoms with Crippen molar-refractivity contribution in [2.24, 2.45) is 0 Å². The minimum Gasteiger partial charge on any atom is -0.481 e. The number of amides is 2. The third-order valence-corrected chi connectivity index (χ3v) is 6.17. The molecule has 0 aliphatic rings. The lowest BCUT2D eigenvalue weighted by molar-refractivity contribution is -0.118. The van der Waals surface area contributed by atoms with Crippen LogP contribution in [-0.4, -0.2) is 23.4 Å². The molecule has 2 aromatic carbocycles. The maximum absolute atomic E-state index is 13.7. The summed E-state index contributed by atoms with van der Waals surface area (Å²) in [6.07, 6.45) is 0. The van der Waals surface area contributed by atoms with Gasteiger partial charge in [0, 0.05) is 10.6 Å². The average Bonchev–Trinajstić information content (AvgIpc) is 3.43. The smallest absolute Gasteiger partial charge is 0.264 e. The van der Waals surface area contributed by atoms with Crippen LogP contribution in [0, 0.1) is 5.82 Å². The van der Waals surface area contributed by atoms with E-state index in [2.05, 4.69) is 15.6 Å². The number of halogens is 2. The Labute approximate surface area is 195 Å². The van der Waals surface area contributed by atoms with E-state index < -0.39 is 11.7 Å². The van der Waals surface area contributed by atoms with Gasteiger partial charge in [-0.3, -0.25) is 14.9 Å². The number of anilines is 2. The van der Waals surface area contributed by atoms with Crippen LogP contribution < -0.4 is 15.4 Å². The van der Waals surface area contributed by atoms with Crippen molar-refractivity contribution in [2.75, 3.05) is 17.2 Å². The lowest BCUT2D eigenvalue weighted by Gasteiger charge is -2.06. The van der Waals surface area contributed by atoms with Crippen LogP contribution in [0.4, 0.5) is 14.5 Å². The van der Waals surface area contributed by atoms with Gasteiger partial charge < -0.3 is 10.1 Å². The molecule has 4 rings (SSSR count). The van der Waals surface area contributed by atoms with Crippen molar-refractivity contribution in [3.05, 3.63) is 82.4 Å². The number of benzene rings is 2. The molecule has 4 aromatic rings. The molecule has 32 heavy (non-hydrogen) atoms. The summed E-state index contributed by atoms with van der Waals surface area (Å²) in [6, 6.07) is 16.1. The number of nitrogens with zero attached hydrogens (tertiary/aromatic N) is 1. The Hall–Kier alpha value is -3.27. The summed E-state index contributed by atoms with van der Waals surface area (Å²) in [6.45, 7) is -0.388. The first-order chi connectivity index (χ1) is 15.5. The van der Waals surface area contributed by atoms with Crippen LogP contribution in [0.1, 0.15) is 10.4 Å². The van der Waals surface area contributed by atoms with Gasteiger partial charge >= 0.3 is 0 Å². The van der Waals surface area contributed by atoms with Crippen LogP contribution >= 0.6 is 34.3 Å². The molecule has 0 aliphatic carbocycles. The van der Waals surface area contributed by atoms with Crippen molar-refractivity contribution in [1.29, 1.82) is 0 Å². The number of thiophene rings is 1. The van der Waals surface area contributed by atoms with Gasteiger partial charge in [-0.05, 0) is 47.8 Å². The zero-order valence-corrected chi connectivity index (χ0v) is 18.7. The second kappa shape index (κ2) is 9.90. The van der Waals surface area contributed by atoms with E-state index in [9.17, 15) is 14.0 Å². The fourth-order valence-electron chi connectivity index (χ4n) is 2.68. The molecule has 0 fully saturated rings. The number of hydrogen-bond donors (Lipinski definition) is 2. The molecular formula is C22H15ClFN3O3S2. The van der Waals surface area contributed by atoms with Crippen LogP contribution in [0.15, 0.2) is 66.0 Å². The molecule has 0 atom stereocenters. The Kier molecular flexibility index (Phi) is 6.79. The highest BCUT2D eigenvalue weighted by Gasteiger charge is 2.19. The van der Waals surface area contributed by atoms with Crippen molar-refractivity contribution in [3.63, 3.8) is 0 Å². The molecule has 10 heteroatoms. The summed E-state index contributed by atoms with van der Waals surface area (Å²) in [7, 11) is 0. The predicted molar refractivity (Wildman–Crippen MR) is 125 cm³/mol. The molecule has 2 heterocycles. The molecule has 2 aromatic heterocycles. The molecular weight excluding hydrogens is 473 g/mol. The van der Waals surface area contributed by atoms with Gasteiger partial charge in [-0.2, -0.15) is 0 Å². The second-order valence-electron chi connectivity index (χ2n) is 6.40. The van der Waals surface area contributed by atoms with Crippen molar-refractivity contribution in [2.45, 2.75) is 0 Å². The largest absolute Gasteiger partial charge is 0.481 e. The maximum Gasteiger partial charge on any atom is 0.264 e. The van der Waals surface area contributed by atoms with Crippen LogP contribution in [0.25, 0.3) is 10.6 Å². The van der Waals surface area contributed by atoms with Gasteiger partial charge in [0.2, 0.25) is 0 Å². The zero-order chi connectivity index (χ0) is 22.5. The number of rotatable bonds is 7. The standard InChI is InChI=1S/C22H15ClFN3O3S2/c23-14-9-7-13(8-10-14)20(29)27-21-19(17-6-3-11-31-17)26-22(32-21)25-18(28)12-30-16-5-2-1-4-15(16)24/h1-11H,12H2,(H,27,29)(H,25,26,28). The minimum absolute atomic E-state index is 0.0167. The quantitative estimate of drug-likeness (QED) is 0.338. The Morgan fingerprint density at radius 1 is 1.03 bits per heavy atom. The molecule has 0 aliphatic heterocycles. The molecule has 0 unspecified atom stereocenters. The van der Waals surface area contributed by atoms with Crippen LogP contribution in [0.5, 0.6) is 5.75 Å². The van der Waals surface area contributed by atoms with E-state index in [1.54, 1.807) is 30.3 Å². The predicted octanol–water partition coefficient (Wildman–Crippen LogP) is 5.93. The molecule has 0 saturated heterocycles. The number of carbonyl (C=O) groups excluding carboxylic acids is 2. The van der Waals surface area contributed by atoms with Gasteiger partial charge in [-0.25, -0.2) is 9.37 Å². The first-order valence-corrected chi connectivity index (χ1v) is 11.4. The third kappa shape index (κ3) is 5.31. The molecule has 0 saturated carbocycles. The van der Waals surface area contributed by atoms with Crippen LogP contribution in [0.3, 0.4) is 0 Å². The van der Waals surface area contributed by atoms with Crippen LogP contribution in [-0.2, 0) is 4.79 Å². The van der Waals surface area contributed by atoms with Gasteiger partial charge in [0.25, 0.3) is 11.8 Å². The highest BCUT2D eigenvalue weighted by Crippen LogP contribution is 2.38. The second-order valence-corrected chi connectivity index (χ2v) is 8.79. The van der Waals surface area contributed by atoms with E-state index >= 15 is 0 Å². The fraction of sp³-hybridized carbons (Fsp3) is 0.0455. The summed E-state index contributed by atoms with van der Waals surface area (Å²) in [5, 5.41) is 8.66. The lowest BCUT2D eigenvalue weighted by Crippen LogP contribution is -2.20. The number of ether oxygens (including phenoxy) is 1. The van der Waals surface area contributed by atoms with E-state index in [4.69, 9.17) is 16.3 Å². The number of para-hydroxylation sites is 1.